The van der Waals surface area contributed by atoms with Crippen molar-refractivity contribution in [3.05, 3.63) is 29.8 Å². The summed E-state index contributed by atoms with van der Waals surface area (Å²) in [5.41, 5.74) is 1.19. The fourth-order valence-corrected chi connectivity index (χ4v) is 1.32. The smallest absolute Gasteiger partial charge is 0.250 e. The second-order valence-corrected chi connectivity index (χ2v) is 5.25. The zero-order valence-electron chi connectivity index (χ0n) is 11.4. The normalized spacial score (nSPS) is 13.2. The van der Waals surface area contributed by atoms with E-state index in [9.17, 15) is 9.90 Å². The van der Waals surface area contributed by atoms with Gasteiger partial charge in [0.1, 0.15) is 6.61 Å². The third-order valence-electron chi connectivity index (χ3n) is 2.31. The molecular formula is C14H21NO3. The number of anilines is 1. The fraction of sp³-hybridized carbons (Fsp3) is 0.500. The SMILES string of the molecule is CC(O)c1ccc(NC(=O)COC(C)(C)C)cc1. The summed E-state index contributed by atoms with van der Waals surface area (Å²) in [4.78, 5) is 11.6. The van der Waals surface area contributed by atoms with Crippen molar-refractivity contribution in [3.8, 4) is 0 Å². The lowest BCUT2D eigenvalue weighted by molar-refractivity contribution is -0.125. The summed E-state index contributed by atoms with van der Waals surface area (Å²) in [5, 5.41) is 12.1. The van der Waals surface area contributed by atoms with E-state index in [0.717, 1.165) is 5.56 Å². The van der Waals surface area contributed by atoms with Crippen molar-refractivity contribution in [3.63, 3.8) is 0 Å². The molecule has 1 rings (SSSR count). The summed E-state index contributed by atoms with van der Waals surface area (Å²) in [6, 6.07) is 7.09. The number of hydrogen-bond acceptors (Lipinski definition) is 3. The Morgan fingerprint density at radius 3 is 2.33 bits per heavy atom. The van der Waals surface area contributed by atoms with Crippen LogP contribution in [0.2, 0.25) is 0 Å². The molecule has 18 heavy (non-hydrogen) atoms. The minimum atomic E-state index is -0.501. The van der Waals surface area contributed by atoms with Crippen LogP contribution in [0.4, 0.5) is 5.69 Å². The molecule has 0 aliphatic rings. The molecule has 1 aromatic carbocycles. The van der Waals surface area contributed by atoms with Gasteiger partial charge in [-0.15, -0.1) is 0 Å². The Hall–Kier alpha value is -1.39. The third kappa shape index (κ3) is 5.29. The molecule has 1 aromatic rings. The molecule has 0 radical (unpaired) electrons. The van der Waals surface area contributed by atoms with E-state index in [2.05, 4.69) is 5.32 Å². The van der Waals surface area contributed by atoms with Crippen molar-refractivity contribution in [1.82, 2.24) is 0 Å². The molecule has 100 valence electrons. The van der Waals surface area contributed by atoms with Crippen LogP contribution < -0.4 is 5.32 Å². The molecule has 1 unspecified atom stereocenters. The molecule has 4 nitrogen and oxygen atoms in total. The second-order valence-electron chi connectivity index (χ2n) is 5.25. The monoisotopic (exact) mass is 251 g/mol. The number of rotatable bonds is 4. The van der Waals surface area contributed by atoms with Gasteiger partial charge in [-0.1, -0.05) is 12.1 Å². The molecular weight excluding hydrogens is 230 g/mol. The fourth-order valence-electron chi connectivity index (χ4n) is 1.32. The minimum absolute atomic E-state index is 0.0294. The quantitative estimate of drug-likeness (QED) is 0.864. The van der Waals surface area contributed by atoms with Crippen LogP contribution >= 0.6 is 0 Å². The summed E-state index contributed by atoms with van der Waals surface area (Å²) >= 11 is 0. The van der Waals surface area contributed by atoms with E-state index >= 15 is 0 Å². The van der Waals surface area contributed by atoms with Gasteiger partial charge >= 0.3 is 0 Å². The first-order valence-electron chi connectivity index (χ1n) is 6.00. The highest BCUT2D eigenvalue weighted by Crippen LogP contribution is 2.15. The van der Waals surface area contributed by atoms with Crippen LogP contribution in [0.25, 0.3) is 0 Å². The lowest BCUT2D eigenvalue weighted by Crippen LogP contribution is -2.27. The highest BCUT2D eigenvalue weighted by Gasteiger charge is 2.12. The average Bonchev–Trinajstić information content (AvgIpc) is 2.26. The van der Waals surface area contributed by atoms with Crippen LogP contribution in [-0.2, 0) is 9.53 Å². The first-order valence-corrected chi connectivity index (χ1v) is 6.00. The highest BCUT2D eigenvalue weighted by atomic mass is 16.5. The molecule has 0 heterocycles. The van der Waals surface area contributed by atoms with E-state index in [-0.39, 0.29) is 18.1 Å². The van der Waals surface area contributed by atoms with Crippen molar-refractivity contribution >= 4 is 11.6 Å². The molecule has 1 atom stereocenters. The second kappa shape index (κ2) is 5.98. The van der Waals surface area contributed by atoms with Gasteiger partial charge in [0.15, 0.2) is 0 Å². The van der Waals surface area contributed by atoms with Crippen molar-refractivity contribution in [2.75, 3.05) is 11.9 Å². The summed E-state index contributed by atoms with van der Waals surface area (Å²) in [6.07, 6.45) is -0.501. The number of hydrogen-bond donors (Lipinski definition) is 2. The maximum absolute atomic E-state index is 11.6. The number of benzene rings is 1. The van der Waals surface area contributed by atoms with E-state index in [1.807, 2.05) is 20.8 Å². The number of carbonyl (C=O) groups is 1. The van der Waals surface area contributed by atoms with Crippen LogP contribution in [0.3, 0.4) is 0 Å². The van der Waals surface area contributed by atoms with Crippen molar-refractivity contribution in [2.24, 2.45) is 0 Å². The summed E-state index contributed by atoms with van der Waals surface area (Å²) < 4.78 is 5.37. The van der Waals surface area contributed by atoms with Gasteiger partial charge in [0.05, 0.1) is 11.7 Å². The third-order valence-corrected chi connectivity index (χ3v) is 2.31. The maximum atomic E-state index is 11.6. The topological polar surface area (TPSA) is 58.6 Å². The van der Waals surface area contributed by atoms with Crippen molar-refractivity contribution in [1.29, 1.82) is 0 Å². The molecule has 0 spiro atoms. The molecule has 0 saturated heterocycles. The van der Waals surface area contributed by atoms with E-state index in [1.165, 1.54) is 0 Å². The molecule has 4 heteroatoms. The first-order chi connectivity index (χ1) is 8.28. The number of ether oxygens (including phenoxy) is 1. The van der Waals surface area contributed by atoms with E-state index in [4.69, 9.17) is 4.74 Å². The Balaban J connectivity index is 2.50. The molecule has 0 fully saturated rings. The molecule has 2 N–H and O–H groups in total. The van der Waals surface area contributed by atoms with Gasteiger partial charge in [0, 0.05) is 5.69 Å². The maximum Gasteiger partial charge on any atom is 0.250 e. The van der Waals surface area contributed by atoms with E-state index < -0.39 is 6.10 Å². The van der Waals surface area contributed by atoms with Gasteiger partial charge in [-0.25, -0.2) is 0 Å². The Labute approximate surface area is 108 Å². The van der Waals surface area contributed by atoms with E-state index in [0.29, 0.717) is 5.69 Å². The first kappa shape index (κ1) is 14.7. The number of nitrogens with one attached hydrogen (secondary N) is 1. The molecule has 0 saturated carbocycles. The zero-order chi connectivity index (χ0) is 13.8. The Morgan fingerprint density at radius 1 is 1.33 bits per heavy atom. The largest absolute Gasteiger partial charge is 0.389 e. The Morgan fingerprint density at radius 2 is 1.89 bits per heavy atom. The summed E-state index contributed by atoms with van der Waals surface area (Å²) in [7, 11) is 0. The molecule has 0 aliphatic carbocycles. The van der Waals surface area contributed by atoms with Crippen LogP contribution in [0.1, 0.15) is 39.4 Å². The van der Waals surface area contributed by atoms with Crippen molar-refractivity contribution in [2.45, 2.75) is 39.4 Å². The predicted octanol–water partition coefficient (Wildman–Crippen LogP) is 2.49. The zero-order valence-corrected chi connectivity index (χ0v) is 11.4. The van der Waals surface area contributed by atoms with Gasteiger partial charge in [-0.2, -0.15) is 0 Å². The van der Waals surface area contributed by atoms with Crippen LogP contribution in [-0.4, -0.2) is 23.2 Å². The summed E-state index contributed by atoms with van der Waals surface area (Å²) in [6.45, 7) is 7.43. The lowest BCUT2D eigenvalue weighted by Gasteiger charge is -2.19. The average molecular weight is 251 g/mol. The number of amides is 1. The Kier molecular flexibility index (Phi) is 4.87. The van der Waals surface area contributed by atoms with Gasteiger partial charge in [-0.3, -0.25) is 4.79 Å². The predicted molar refractivity (Wildman–Crippen MR) is 71.4 cm³/mol. The lowest BCUT2D eigenvalue weighted by atomic mass is 10.1. The summed E-state index contributed by atoms with van der Waals surface area (Å²) in [5.74, 6) is -0.185. The number of aliphatic hydroxyl groups excluding tert-OH is 1. The molecule has 1 amide bonds. The molecule has 0 bridgehead atoms. The minimum Gasteiger partial charge on any atom is -0.389 e. The van der Waals surface area contributed by atoms with Gasteiger partial charge < -0.3 is 15.2 Å². The van der Waals surface area contributed by atoms with Crippen LogP contribution in [0.15, 0.2) is 24.3 Å². The highest BCUT2D eigenvalue weighted by molar-refractivity contribution is 5.91. The Bertz CT molecular complexity index is 390. The van der Waals surface area contributed by atoms with Gasteiger partial charge in [0.25, 0.3) is 0 Å². The molecule has 0 aliphatic heterocycles. The molecule has 0 aromatic heterocycles. The van der Waals surface area contributed by atoms with E-state index in [1.54, 1.807) is 31.2 Å². The standard InChI is InChI=1S/C14H21NO3/c1-10(16)11-5-7-12(8-6-11)15-13(17)9-18-14(2,3)4/h5-8,10,16H,9H2,1-4H3,(H,15,17). The van der Waals surface area contributed by atoms with Crippen LogP contribution in [0.5, 0.6) is 0 Å². The van der Waals surface area contributed by atoms with Crippen LogP contribution in [0, 0.1) is 0 Å². The number of carbonyl (C=O) groups excluding carboxylic acids is 1. The number of aliphatic hydroxyl groups is 1. The van der Waals surface area contributed by atoms with Gasteiger partial charge in [-0.05, 0) is 45.4 Å². The van der Waals surface area contributed by atoms with Crippen molar-refractivity contribution < 1.29 is 14.6 Å². The van der Waals surface area contributed by atoms with Gasteiger partial charge in [0.2, 0.25) is 5.91 Å².